The van der Waals surface area contributed by atoms with Gasteiger partial charge < -0.3 is 10.7 Å². The fraction of sp³-hybridized carbons (Fsp3) is 0. The maximum Gasteiger partial charge on any atom is 0.287 e. The highest BCUT2D eigenvalue weighted by Crippen LogP contribution is 2.21. The molecule has 14 heavy (non-hydrogen) atoms. The van der Waals surface area contributed by atoms with Crippen LogP contribution < -0.4 is 5.73 Å². The zero-order valence-corrected chi connectivity index (χ0v) is 7.02. The Balaban J connectivity index is 2.38. The lowest BCUT2D eigenvalue weighted by molar-refractivity contribution is -0.384. The van der Waals surface area contributed by atoms with Gasteiger partial charge in [-0.3, -0.25) is 15.2 Å². The van der Waals surface area contributed by atoms with Crippen LogP contribution in [0, 0.1) is 10.1 Å². The molecule has 2 aromatic heterocycles. The van der Waals surface area contributed by atoms with Crippen molar-refractivity contribution in [2.45, 2.75) is 0 Å². The Morgan fingerprint density at radius 3 is 2.71 bits per heavy atom. The molecular weight excluding hydrogens is 186 g/mol. The molecular formula is C7H7N5O2. The minimum absolute atomic E-state index is 0.00757. The van der Waals surface area contributed by atoms with Crippen molar-refractivity contribution in [3.63, 3.8) is 0 Å². The van der Waals surface area contributed by atoms with Crippen LogP contribution in [-0.4, -0.2) is 20.1 Å². The number of nitrogens with one attached hydrogen (secondary N) is 2. The Labute approximate surface area is 78.1 Å². The van der Waals surface area contributed by atoms with E-state index in [0.29, 0.717) is 17.2 Å². The van der Waals surface area contributed by atoms with Crippen molar-refractivity contribution in [1.82, 2.24) is 15.2 Å². The quantitative estimate of drug-likeness (QED) is 0.485. The largest absolute Gasteiger partial charge is 0.382 e. The van der Waals surface area contributed by atoms with Crippen LogP contribution in [0.5, 0.6) is 0 Å². The number of rotatable bonds is 2. The van der Waals surface area contributed by atoms with Gasteiger partial charge in [0.2, 0.25) is 0 Å². The number of anilines is 1. The SMILES string of the molecule is Nc1cc(-c2cc([N+](=O)[O-])c[nH]2)[nH]n1. The smallest absolute Gasteiger partial charge is 0.287 e. The first-order chi connectivity index (χ1) is 6.66. The van der Waals surface area contributed by atoms with Crippen LogP contribution in [0.3, 0.4) is 0 Å². The number of hydrogen-bond acceptors (Lipinski definition) is 4. The van der Waals surface area contributed by atoms with E-state index >= 15 is 0 Å². The highest BCUT2D eigenvalue weighted by molar-refractivity contribution is 5.61. The van der Waals surface area contributed by atoms with E-state index in [0.717, 1.165) is 0 Å². The second-order valence-corrected chi connectivity index (χ2v) is 2.74. The van der Waals surface area contributed by atoms with E-state index in [9.17, 15) is 10.1 Å². The summed E-state index contributed by atoms with van der Waals surface area (Å²) in [4.78, 5) is 12.7. The maximum atomic E-state index is 10.4. The number of nitrogens with zero attached hydrogens (tertiary/aromatic N) is 2. The predicted octanol–water partition coefficient (Wildman–Crippen LogP) is 0.895. The third-order valence-electron chi connectivity index (χ3n) is 1.77. The fourth-order valence-electron chi connectivity index (χ4n) is 1.12. The van der Waals surface area contributed by atoms with Gasteiger partial charge in [0.05, 0.1) is 22.5 Å². The van der Waals surface area contributed by atoms with Gasteiger partial charge in [-0.2, -0.15) is 5.10 Å². The second-order valence-electron chi connectivity index (χ2n) is 2.74. The van der Waals surface area contributed by atoms with Crippen molar-refractivity contribution in [3.05, 3.63) is 28.4 Å². The van der Waals surface area contributed by atoms with Gasteiger partial charge in [0.25, 0.3) is 5.69 Å². The van der Waals surface area contributed by atoms with Crippen LogP contribution in [0.15, 0.2) is 18.3 Å². The first kappa shape index (κ1) is 8.30. The lowest BCUT2D eigenvalue weighted by atomic mass is 10.3. The van der Waals surface area contributed by atoms with Gasteiger partial charge in [-0.25, -0.2) is 0 Å². The molecule has 7 heteroatoms. The number of aromatic nitrogens is 3. The highest BCUT2D eigenvalue weighted by Gasteiger charge is 2.11. The van der Waals surface area contributed by atoms with E-state index in [4.69, 9.17) is 5.73 Å². The number of hydrogen-bond donors (Lipinski definition) is 3. The fourth-order valence-corrected chi connectivity index (χ4v) is 1.12. The van der Waals surface area contributed by atoms with Gasteiger partial charge in [-0.1, -0.05) is 0 Å². The summed E-state index contributed by atoms with van der Waals surface area (Å²) in [6, 6.07) is 3.00. The number of nitro groups is 1. The lowest BCUT2D eigenvalue weighted by Gasteiger charge is -1.86. The molecule has 2 aromatic rings. The van der Waals surface area contributed by atoms with Gasteiger partial charge in [0, 0.05) is 12.1 Å². The monoisotopic (exact) mass is 193 g/mol. The molecule has 0 bridgehead atoms. The summed E-state index contributed by atoms with van der Waals surface area (Å²) in [7, 11) is 0. The first-order valence-electron chi connectivity index (χ1n) is 3.81. The summed E-state index contributed by atoms with van der Waals surface area (Å²) in [6.07, 6.45) is 1.31. The maximum absolute atomic E-state index is 10.4. The molecule has 0 unspecified atom stereocenters. The van der Waals surface area contributed by atoms with E-state index in [-0.39, 0.29) is 5.69 Å². The molecule has 0 aliphatic carbocycles. The van der Waals surface area contributed by atoms with Crippen molar-refractivity contribution in [3.8, 4) is 11.4 Å². The molecule has 0 saturated heterocycles. The van der Waals surface area contributed by atoms with Gasteiger partial charge in [-0.05, 0) is 0 Å². The molecule has 0 atom stereocenters. The summed E-state index contributed by atoms with van der Waals surface area (Å²) in [5, 5.41) is 16.7. The molecule has 0 aromatic carbocycles. The molecule has 0 aliphatic rings. The van der Waals surface area contributed by atoms with Crippen molar-refractivity contribution >= 4 is 11.5 Å². The summed E-state index contributed by atoms with van der Waals surface area (Å²) in [5.41, 5.74) is 6.61. The molecule has 0 aliphatic heterocycles. The van der Waals surface area contributed by atoms with Crippen LogP contribution in [0.2, 0.25) is 0 Å². The topological polar surface area (TPSA) is 114 Å². The Kier molecular flexibility index (Phi) is 1.70. The molecule has 4 N–H and O–H groups in total. The van der Waals surface area contributed by atoms with Gasteiger partial charge in [0.15, 0.2) is 0 Å². The van der Waals surface area contributed by atoms with E-state index < -0.39 is 4.92 Å². The van der Waals surface area contributed by atoms with Gasteiger partial charge in [-0.15, -0.1) is 0 Å². The standard InChI is InChI=1S/C7H7N5O2/c8-7-2-6(10-11-7)5-1-4(3-9-5)12(13)14/h1-3,9H,(H3,8,10,11). The van der Waals surface area contributed by atoms with Crippen LogP contribution in [0.25, 0.3) is 11.4 Å². The summed E-state index contributed by atoms with van der Waals surface area (Å²) in [5.74, 6) is 0.345. The molecule has 7 nitrogen and oxygen atoms in total. The predicted molar refractivity (Wildman–Crippen MR) is 49.4 cm³/mol. The molecule has 0 spiro atoms. The molecule has 2 rings (SSSR count). The Morgan fingerprint density at radius 1 is 1.43 bits per heavy atom. The zero-order chi connectivity index (χ0) is 10.1. The van der Waals surface area contributed by atoms with E-state index in [1.165, 1.54) is 12.3 Å². The van der Waals surface area contributed by atoms with Crippen LogP contribution in [-0.2, 0) is 0 Å². The van der Waals surface area contributed by atoms with Gasteiger partial charge in [0.1, 0.15) is 5.82 Å². The molecule has 0 saturated carbocycles. The van der Waals surface area contributed by atoms with Crippen LogP contribution in [0.4, 0.5) is 11.5 Å². The molecule has 0 fully saturated rings. The molecule has 0 amide bonds. The molecule has 72 valence electrons. The number of aromatic amines is 2. The third kappa shape index (κ3) is 1.30. The van der Waals surface area contributed by atoms with Crippen molar-refractivity contribution in [2.24, 2.45) is 0 Å². The van der Waals surface area contributed by atoms with Crippen molar-refractivity contribution in [1.29, 1.82) is 0 Å². The minimum atomic E-state index is -0.472. The average molecular weight is 193 g/mol. The van der Waals surface area contributed by atoms with Crippen molar-refractivity contribution in [2.75, 3.05) is 5.73 Å². The number of nitrogens with two attached hydrogens (primary N) is 1. The molecule has 2 heterocycles. The summed E-state index contributed by atoms with van der Waals surface area (Å²) in [6.45, 7) is 0. The number of nitrogen functional groups attached to an aromatic ring is 1. The van der Waals surface area contributed by atoms with Crippen LogP contribution >= 0.6 is 0 Å². The lowest BCUT2D eigenvalue weighted by Crippen LogP contribution is -1.82. The highest BCUT2D eigenvalue weighted by atomic mass is 16.6. The Morgan fingerprint density at radius 2 is 2.21 bits per heavy atom. The van der Waals surface area contributed by atoms with Crippen LogP contribution in [0.1, 0.15) is 0 Å². The third-order valence-corrected chi connectivity index (χ3v) is 1.77. The second kappa shape index (κ2) is 2.87. The minimum Gasteiger partial charge on any atom is -0.382 e. The normalized spacial score (nSPS) is 10.3. The molecule has 0 radical (unpaired) electrons. The summed E-state index contributed by atoms with van der Waals surface area (Å²) < 4.78 is 0. The van der Waals surface area contributed by atoms with Gasteiger partial charge >= 0.3 is 0 Å². The summed E-state index contributed by atoms with van der Waals surface area (Å²) >= 11 is 0. The van der Waals surface area contributed by atoms with E-state index in [1.807, 2.05) is 0 Å². The number of H-pyrrole nitrogens is 2. The average Bonchev–Trinajstić information content (AvgIpc) is 2.70. The Bertz CT molecular complexity index is 472. The zero-order valence-electron chi connectivity index (χ0n) is 7.02. The first-order valence-corrected chi connectivity index (χ1v) is 3.81. The van der Waals surface area contributed by atoms with E-state index in [2.05, 4.69) is 15.2 Å². The van der Waals surface area contributed by atoms with Crippen molar-refractivity contribution < 1.29 is 4.92 Å². The van der Waals surface area contributed by atoms with E-state index in [1.54, 1.807) is 6.07 Å². The Hall–Kier alpha value is -2.31.